The van der Waals surface area contributed by atoms with E-state index in [2.05, 4.69) is 15.6 Å². The van der Waals surface area contributed by atoms with E-state index in [0.717, 1.165) is 18.0 Å². The second-order valence-electron chi connectivity index (χ2n) is 5.57. The molecule has 0 spiro atoms. The van der Waals surface area contributed by atoms with Crippen LogP contribution in [-0.2, 0) is 0 Å². The minimum Gasteiger partial charge on any atom is -0.494 e. The predicted octanol–water partition coefficient (Wildman–Crippen LogP) is 2.52. The smallest absolute Gasteiger partial charge is 0.251 e. The highest BCUT2D eigenvalue weighted by Gasteiger charge is 2.07. The normalized spacial score (nSPS) is 10.5. The molecule has 0 aliphatic carbocycles. The van der Waals surface area contributed by atoms with Gasteiger partial charge in [0, 0.05) is 30.5 Å². The third-order valence-corrected chi connectivity index (χ3v) is 3.30. The lowest BCUT2D eigenvalue weighted by atomic mass is 10.2. The number of ether oxygens (including phenoxy) is 1. The van der Waals surface area contributed by atoms with Crippen LogP contribution in [-0.4, -0.2) is 49.6 Å². The number of pyridine rings is 1. The Hall–Kier alpha value is -2.60. The molecule has 6 nitrogen and oxygen atoms in total. The summed E-state index contributed by atoms with van der Waals surface area (Å²) in [7, 11) is 3.94. The standard InChI is InChI=1S/C18H24N4O2/c1-4-24-16-7-5-15(6-8-16)21-17-13-14(9-10-19-17)18(23)20-11-12-22(2)3/h5-10,13H,4,11-12H2,1-3H3,(H,19,21)(H,20,23). The summed E-state index contributed by atoms with van der Waals surface area (Å²) in [6, 6.07) is 11.1. The largest absolute Gasteiger partial charge is 0.494 e. The lowest BCUT2D eigenvalue weighted by Crippen LogP contribution is -2.31. The Kier molecular flexibility index (Phi) is 6.57. The lowest BCUT2D eigenvalue weighted by Gasteiger charge is -2.11. The third kappa shape index (κ3) is 5.55. The first-order chi connectivity index (χ1) is 11.6. The molecule has 1 heterocycles. The van der Waals surface area contributed by atoms with Crippen LogP contribution in [0.4, 0.5) is 11.5 Å². The molecule has 0 atom stereocenters. The average Bonchev–Trinajstić information content (AvgIpc) is 2.57. The number of rotatable bonds is 8. The summed E-state index contributed by atoms with van der Waals surface area (Å²) < 4.78 is 5.42. The van der Waals surface area contributed by atoms with Gasteiger partial charge in [0.2, 0.25) is 0 Å². The zero-order chi connectivity index (χ0) is 17.4. The summed E-state index contributed by atoms with van der Waals surface area (Å²) in [5.41, 5.74) is 1.47. The molecular formula is C18H24N4O2. The van der Waals surface area contributed by atoms with Gasteiger partial charge in [-0.25, -0.2) is 4.98 Å². The Bertz CT molecular complexity index is 656. The van der Waals surface area contributed by atoms with Crippen LogP contribution in [0.1, 0.15) is 17.3 Å². The molecule has 1 amide bonds. The number of nitrogens with one attached hydrogen (secondary N) is 2. The van der Waals surface area contributed by atoms with Crippen LogP contribution >= 0.6 is 0 Å². The summed E-state index contributed by atoms with van der Waals surface area (Å²) in [5.74, 6) is 1.35. The zero-order valence-electron chi connectivity index (χ0n) is 14.4. The maximum atomic E-state index is 12.1. The molecule has 0 radical (unpaired) electrons. The number of likely N-dealkylation sites (N-methyl/N-ethyl adjacent to an activating group) is 1. The van der Waals surface area contributed by atoms with E-state index in [4.69, 9.17) is 4.74 Å². The van der Waals surface area contributed by atoms with Crippen LogP contribution in [0.3, 0.4) is 0 Å². The Morgan fingerprint density at radius 2 is 1.96 bits per heavy atom. The van der Waals surface area contributed by atoms with Crippen LogP contribution in [0.2, 0.25) is 0 Å². The Morgan fingerprint density at radius 3 is 2.62 bits per heavy atom. The highest BCUT2D eigenvalue weighted by atomic mass is 16.5. The number of anilines is 2. The topological polar surface area (TPSA) is 66.5 Å². The van der Waals surface area contributed by atoms with Crippen LogP contribution in [0.25, 0.3) is 0 Å². The fourth-order valence-electron chi connectivity index (χ4n) is 2.08. The molecule has 0 unspecified atom stereocenters. The van der Waals surface area contributed by atoms with Gasteiger partial charge >= 0.3 is 0 Å². The lowest BCUT2D eigenvalue weighted by molar-refractivity contribution is 0.0951. The molecule has 128 valence electrons. The van der Waals surface area contributed by atoms with Crippen molar-refractivity contribution >= 4 is 17.4 Å². The number of carbonyl (C=O) groups is 1. The summed E-state index contributed by atoms with van der Waals surface area (Å²) in [5, 5.41) is 6.08. The number of amides is 1. The predicted molar refractivity (Wildman–Crippen MR) is 96.0 cm³/mol. The third-order valence-electron chi connectivity index (χ3n) is 3.30. The van der Waals surface area contributed by atoms with Crippen molar-refractivity contribution in [2.75, 3.05) is 39.1 Å². The van der Waals surface area contributed by atoms with E-state index in [1.54, 1.807) is 18.3 Å². The maximum Gasteiger partial charge on any atom is 0.251 e. The van der Waals surface area contributed by atoms with Crippen molar-refractivity contribution in [2.45, 2.75) is 6.92 Å². The number of nitrogens with zero attached hydrogens (tertiary/aromatic N) is 2. The number of hydrogen-bond donors (Lipinski definition) is 2. The van der Waals surface area contributed by atoms with Crippen molar-refractivity contribution < 1.29 is 9.53 Å². The number of benzene rings is 1. The van der Waals surface area contributed by atoms with Gasteiger partial charge in [-0.3, -0.25) is 4.79 Å². The molecule has 0 bridgehead atoms. The van der Waals surface area contributed by atoms with Crippen LogP contribution in [0, 0.1) is 0 Å². The molecule has 1 aromatic carbocycles. The number of carbonyl (C=O) groups excluding carboxylic acids is 1. The molecule has 0 saturated carbocycles. The molecule has 0 fully saturated rings. The van der Waals surface area contributed by atoms with Crippen molar-refractivity contribution in [3.63, 3.8) is 0 Å². The van der Waals surface area contributed by atoms with Gasteiger partial charge in [-0.2, -0.15) is 0 Å². The minimum atomic E-state index is -0.103. The van der Waals surface area contributed by atoms with Gasteiger partial charge in [0.05, 0.1) is 6.61 Å². The second-order valence-corrected chi connectivity index (χ2v) is 5.57. The molecule has 1 aromatic heterocycles. The summed E-state index contributed by atoms with van der Waals surface area (Å²) in [6.07, 6.45) is 1.62. The van der Waals surface area contributed by atoms with Crippen LogP contribution < -0.4 is 15.4 Å². The van der Waals surface area contributed by atoms with E-state index in [0.29, 0.717) is 24.5 Å². The fourth-order valence-corrected chi connectivity index (χ4v) is 2.08. The minimum absolute atomic E-state index is 0.103. The Labute approximate surface area is 142 Å². The van der Waals surface area contributed by atoms with Gasteiger partial charge < -0.3 is 20.3 Å². The van der Waals surface area contributed by atoms with Gasteiger partial charge in [-0.15, -0.1) is 0 Å². The molecular weight excluding hydrogens is 304 g/mol. The highest BCUT2D eigenvalue weighted by Crippen LogP contribution is 2.19. The number of hydrogen-bond acceptors (Lipinski definition) is 5. The summed E-state index contributed by atoms with van der Waals surface area (Å²) in [4.78, 5) is 18.4. The second kappa shape index (κ2) is 8.88. The van der Waals surface area contributed by atoms with Crippen LogP contribution in [0.5, 0.6) is 5.75 Å². The molecule has 6 heteroatoms. The maximum absolute atomic E-state index is 12.1. The van der Waals surface area contributed by atoms with E-state index < -0.39 is 0 Å². The first-order valence-corrected chi connectivity index (χ1v) is 7.97. The highest BCUT2D eigenvalue weighted by molar-refractivity contribution is 5.94. The van der Waals surface area contributed by atoms with Gasteiger partial charge in [0.25, 0.3) is 5.91 Å². The van der Waals surface area contributed by atoms with E-state index in [1.807, 2.05) is 50.2 Å². The van der Waals surface area contributed by atoms with Crippen LogP contribution in [0.15, 0.2) is 42.6 Å². The molecule has 24 heavy (non-hydrogen) atoms. The summed E-state index contributed by atoms with van der Waals surface area (Å²) in [6.45, 7) is 3.99. The Balaban J connectivity index is 1.97. The monoisotopic (exact) mass is 328 g/mol. The van der Waals surface area contributed by atoms with Gasteiger partial charge in [0.1, 0.15) is 11.6 Å². The Morgan fingerprint density at radius 1 is 1.21 bits per heavy atom. The van der Waals surface area contributed by atoms with Crippen molar-refractivity contribution in [3.8, 4) is 5.75 Å². The average molecular weight is 328 g/mol. The van der Waals surface area contributed by atoms with E-state index >= 15 is 0 Å². The quantitative estimate of drug-likeness (QED) is 0.779. The van der Waals surface area contributed by atoms with Crippen molar-refractivity contribution in [1.29, 1.82) is 0 Å². The molecule has 0 aliphatic heterocycles. The molecule has 2 N–H and O–H groups in total. The van der Waals surface area contributed by atoms with Crippen molar-refractivity contribution in [2.24, 2.45) is 0 Å². The molecule has 0 aliphatic rings. The van der Waals surface area contributed by atoms with E-state index in [-0.39, 0.29) is 5.91 Å². The van der Waals surface area contributed by atoms with Crippen molar-refractivity contribution in [3.05, 3.63) is 48.2 Å². The summed E-state index contributed by atoms with van der Waals surface area (Å²) >= 11 is 0. The molecule has 0 saturated heterocycles. The first-order valence-electron chi connectivity index (χ1n) is 7.97. The van der Waals surface area contributed by atoms with Gasteiger partial charge in [0.15, 0.2) is 0 Å². The molecule has 2 aromatic rings. The fraction of sp³-hybridized carbons (Fsp3) is 0.333. The van der Waals surface area contributed by atoms with E-state index in [1.165, 1.54) is 0 Å². The van der Waals surface area contributed by atoms with Crippen molar-refractivity contribution in [1.82, 2.24) is 15.2 Å². The van der Waals surface area contributed by atoms with E-state index in [9.17, 15) is 4.79 Å². The van der Waals surface area contributed by atoms with Gasteiger partial charge in [-0.05, 0) is 57.4 Å². The molecule has 2 rings (SSSR count). The zero-order valence-corrected chi connectivity index (χ0v) is 14.4. The SMILES string of the molecule is CCOc1ccc(Nc2cc(C(=O)NCCN(C)C)ccn2)cc1. The number of aromatic nitrogens is 1. The first kappa shape index (κ1) is 17.7. The van der Waals surface area contributed by atoms with Gasteiger partial charge in [-0.1, -0.05) is 0 Å².